The van der Waals surface area contributed by atoms with Crippen LogP contribution in [0.5, 0.6) is 0 Å². The molecule has 1 atom stereocenters. The summed E-state index contributed by atoms with van der Waals surface area (Å²) in [4.78, 5) is 0. The van der Waals surface area contributed by atoms with E-state index in [0.717, 1.165) is 30.9 Å². The van der Waals surface area contributed by atoms with E-state index in [2.05, 4.69) is 55.6 Å². The molecule has 18 heavy (non-hydrogen) atoms. The average Bonchev–Trinajstić information content (AvgIpc) is 2.88. The first-order chi connectivity index (χ1) is 8.83. The van der Waals surface area contributed by atoms with Crippen molar-refractivity contribution in [3.05, 3.63) is 59.5 Å². The van der Waals surface area contributed by atoms with Gasteiger partial charge in [-0.1, -0.05) is 44.2 Å². The van der Waals surface area contributed by atoms with Crippen molar-refractivity contribution in [1.82, 2.24) is 5.32 Å². The zero-order valence-electron chi connectivity index (χ0n) is 11.1. The van der Waals surface area contributed by atoms with Crippen LogP contribution in [0.15, 0.2) is 46.9 Å². The van der Waals surface area contributed by atoms with Crippen LogP contribution in [-0.4, -0.2) is 6.54 Å². The molecule has 0 spiro atoms. The van der Waals surface area contributed by atoms with Crippen LogP contribution >= 0.6 is 0 Å². The van der Waals surface area contributed by atoms with E-state index in [1.807, 2.05) is 6.07 Å². The second-order valence-electron chi connectivity index (χ2n) is 4.46. The Morgan fingerprint density at radius 3 is 2.44 bits per heavy atom. The van der Waals surface area contributed by atoms with Crippen LogP contribution in [0.2, 0.25) is 0 Å². The zero-order valence-corrected chi connectivity index (χ0v) is 11.1. The molecule has 0 radical (unpaired) electrons. The largest absolute Gasteiger partial charge is 0.464 e. The summed E-state index contributed by atoms with van der Waals surface area (Å²) in [5.74, 6) is 2.10. The Labute approximate surface area is 109 Å². The van der Waals surface area contributed by atoms with Gasteiger partial charge in [0.15, 0.2) is 0 Å². The summed E-state index contributed by atoms with van der Waals surface area (Å²) in [6.07, 6.45) is 1.91. The van der Waals surface area contributed by atoms with Gasteiger partial charge in [-0.15, -0.1) is 0 Å². The van der Waals surface area contributed by atoms with Crippen LogP contribution in [0.25, 0.3) is 0 Å². The summed E-state index contributed by atoms with van der Waals surface area (Å²) in [7, 11) is 0. The summed E-state index contributed by atoms with van der Waals surface area (Å²) in [5, 5.41) is 3.49. The number of benzene rings is 1. The van der Waals surface area contributed by atoms with E-state index in [4.69, 9.17) is 4.42 Å². The van der Waals surface area contributed by atoms with Gasteiger partial charge in [-0.05, 0) is 30.7 Å². The number of nitrogens with one attached hydrogen (secondary N) is 1. The van der Waals surface area contributed by atoms with Crippen LogP contribution in [-0.2, 0) is 12.8 Å². The first kappa shape index (κ1) is 12.9. The minimum absolute atomic E-state index is 0.262. The maximum atomic E-state index is 5.86. The van der Waals surface area contributed by atoms with Gasteiger partial charge in [0.05, 0.1) is 6.04 Å². The molecule has 0 aliphatic rings. The summed E-state index contributed by atoms with van der Waals surface area (Å²) in [6, 6.07) is 15.0. The molecule has 0 bridgehead atoms. The van der Waals surface area contributed by atoms with E-state index in [1.165, 1.54) is 5.56 Å². The first-order valence-electron chi connectivity index (χ1n) is 6.69. The number of hydrogen-bond acceptors (Lipinski definition) is 2. The fourth-order valence-electron chi connectivity index (χ4n) is 2.14. The minimum Gasteiger partial charge on any atom is -0.464 e. The van der Waals surface area contributed by atoms with Crippen molar-refractivity contribution < 1.29 is 4.42 Å². The lowest BCUT2D eigenvalue weighted by Crippen LogP contribution is -2.22. The second kappa shape index (κ2) is 6.41. The molecule has 2 nitrogen and oxygen atoms in total. The molecule has 96 valence electrons. The fourth-order valence-corrected chi connectivity index (χ4v) is 2.14. The number of hydrogen-bond donors (Lipinski definition) is 1. The van der Waals surface area contributed by atoms with Crippen molar-refractivity contribution in [2.45, 2.75) is 32.7 Å². The van der Waals surface area contributed by atoms with Crippen LogP contribution in [0.1, 0.15) is 37.0 Å². The average molecular weight is 243 g/mol. The van der Waals surface area contributed by atoms with Crippen LogP contribution in [0.3, 0.4) is 0 Å². The van der Waals surface area contributed by atoms with E-state index in [0.29, 0.717) is 0 Å². The lowest BCUT2D eigenvalue weighted by Gasteiger charge is -2.15. The summed E-state index contributed by atoms with van der Waals surface area (Å²) in [5.41, 5.74) is 1.33. The smallest absolute Gasteiger partial charge is 0.121 e. The van der Waals surface area contributed by atoms with Gasteiger partial charge in [0, 0.05) is 6.42 Å². The molecule has 1 unspecified atom stereocenters. The third-order valence-corrected chi connectivity index (χ3v) is 3.11. The lowest BCUT2D eigenvalue weighted by atomic mass is 10.0. The maximum Gasteiger partial charge on any atom is 0.121 e. The van der Waals surface area contributed by atoms with E-state index in [1.54, 1.807) is 0 Å². The first-order valence-corrected chi connectivity index (χ1v) is 6.69. The van der Waals surface area contributed by atoms with Crippen molar-refractivity contribution in [2.75, 3.05) is 6.54 Å². The highest BCUT2D eigenvalue weighted by molar-refractivity contribution is 5.19. The summed E-state index contributed by atoms with van der Waals surface area (Å²) >= 11 is 0. The Morgan fingerprint density at radius 2 is 1.83 bits per heavy atom. The predicted octanol–water partition coefficient (Wildman–Crippen LogP) is 3.74. The molecule has 0 saturated heterocycles. The molecular weight excluding hydrogens is 222 g/mol. The Hall–Kier alpha value is -1.54. The Morgan fingerprint density at radius 1 is 1.06 bits per heavy atom. The topological polar surface area (TPSA) is 25.2 Å². The van der Waals surface area contributed by atoms with Gasteiger partial charge in [0.1, 0.15) is 11.5 Å². The van der Waals surface area contributed by atoms with E-state index in [-0.39, 0.29) is 6.04 Å². The van der Waals surface area contributed by atoms with Crippen molar-refractivity contribution in [1.29, 1.82) is 0 Å². The quantitative estimate of drug-likeness (QED) is 0.836. The Balaban J connectivity index is 2.12. The highest BCUT2D eigenvalue weighted by atomic mass is 16.3. The number of rotatable bonds is 6. The molecule has 1 N–H and O–H groups in total. The number of likely N-dealkylation sites (N-methyl/N-ethyl adjacent to an activating group) is 1. The molecule has 2 aromatic rings. The molecule has 0 aliphatic carbocycles. The van der Waals surface area contributed by atoms with Crippen LogP contribution in [0.4, 0.5) is 0 Å². The molecule has 0 saturated carbocycles. The maximum absolute atomic E-state index is 5.86. The number of furan rings is 1. The van der Waals surface area contributed by atoms with E-state index < -0.39 is 0 Å². The van der Waals surface area contributed by atoms with E-state index >= 15 is 0 Å². The van der Waals surface area contributed by atoms with Crippen LogP contribution < -0.4 is 5.32 Å². The summed E-state index contributed by atoms with van der Waals surface area (Å²) < 4.78 is 5.86. The van der Waals surface area contributed by atoms with Crippen molar-refractivity contribution in [2.24, 2.45) is 0 Å². The van der Waals surface area contributed by atoms with Gasteiger partial charge >= 0.3 is 0 Å². The standard InChI is InChI=1S/C16H21NO/c1-3-14-10-11-16(18-14)15(17-4-2)12-13-8-6-5-7-9-13/h5-11,15,17H,3-4,12H2,1-2H3. The third-order valence-electron chi connectivity index (χ3n) is 3.11. The van der Waals surface area contributed by atoms with Crippen molar-refractivity contribution in [3.63, 3.8) is 0 Å². The van der Waals surface area contributed by atoms with Gasteiger partial charge in [0.25, 0.3) is 0 Å². The normalized spacial score (nSPS) is 12.6. The zero-order chi connectivity index (χ0) is 12.8. The Bertz CT molecular complexity index is 461. The van der Waals surface area contributed by atoms with Gasteiger partial charge < -0.3 is 9.73 Å². The SMILES string of the molecule is CCNC(Cc1ccccc1)c1ccc(CC)o1. The minimum atomic E-state index is 0.262. The highest BCUT2D eigenvalue weighted by Gasteiger charge is 2.14. The molecule has 0 amide bonds. The summed E-state index contributed by atoms with van der Waals surface area (Å²) in [6.45, 7) is 5.18. The molecule has 0 aliphatic heterocycles. The van der Waals surface area contributed by atoms with Gasteiger partial charge in [-0.2, -0.15) is 0 Å². The Kier molecular flexibility index (Phi) is 4.59. The van der Waals surface area contributed by atoms with Crippen LogP contribution in [0, 0.1) is 0 Å². The molecular formula is C16H21NO. The van der Waals surface area contributed by atoms with Crippen molar-refractivity contribution in [3.8, 4) is 0 Å². The third kappa shape index (κ3) is 3.23. The monoisotopic (exact) mass is 243 g/mol. The molecule has 0 fully saturated rings. The molecule has 1 heterocycles. The molecule has 2 heteroatoms. The molecule has 1 aromatic carbocycles. The second-order valence-corrected chi connectivity index (χ2v) is 4.46. The highest BCUT2D eigenvalue weighted by Crippen LogP contribution is 2.21. The fraction of sp³-hybridized carbons (Fsp3) is 0.375. The lowest BCUT2D eigenvalue weighted by molar-refractivity contribution is 0.397. The molecule has 2 rings (SSSR count). The van der Waals surface area contributed by atoms with Gasteiger partial charge in [-0.3, -0.25) is 0 Å². The van der Waals surface area contributed by atoms with Gasteiger partial charge in [0.2, 0.25) is 0 Å². The molecule has 1 aromatic heterocycles. The van der Waals surface area contributed by atoms with Gasteiger partial charge in [-0.25, -0.2) is 0 Å². The van der Waals surface area contributed by atoms with Crippen molar-refractivity contribution >= 4 is 0 Å². The predicted molar refractivity (Wildman–Crippen MR) is 74.6 cm³/mol. The van der Waals surface area contributed by atoms with E-state index in [9.17, 15) is 0 Å². The number of aryl methyl sites for hydroxylation is 1.